The normalized spacial score (nSPS) is 12.4. The molecule has 0 aliphatic heterocycles. The Labute approximate surface area is 315 Å². The van der Waals surface area contributed by atoms with Gasteiger partial charge in [-0.2, -0.15) is 0 Å². The first-order valence-corrected chi connectivity index (χ1v) is 19.1. The summed E-state index contributed by atoms with van der Waals surface area (Å²) in [5, 5.41) is 22.3. The van der Waals surface area contributed by atoms with Gasteiger partial charge in [-0.05, 0) is 116 Å². The van der Waals surface area contributed by atoms with Gasteiger partial charge in [0.1, 0.15) is 11.2 Å². The summed E-state index contributed by atoms with van der Waals surface area (Å²) in [5.74, 6) is 0. The summed E-state index contributed by atoms with van der Waals surface area (Å²) >= 11 is 0. The number of rotatable bonds is 2. The van der Waals surface area contributed by atoms with E-state index < -0.39 is 0 Å². The zero-order valence-electron chi connectivity index (χ0n) is 29.7. The van der Waals surface area contributed by atoms with Crippen molar-refractivity contribution in [1.29, 1.82) is 0 Å². The molecule has 0 aliphatic rings. The van der Waals surface area contributed by atoms with E-state index in [4.69, 9.17) is 4.42 Å². The van der Waals surface area contributed by atoms with Crippen molar-refractivity contribution < 1.29 is 4.42 Å². The average Bonchev–Trinajstić information content (AvgIpc) is 3.65. The second kappa shape index (κ2) is 10.7. The zero-order chi connectivity index (χ0) is 35.8. The Morgan fingerprint density at radius 2 is 0.764 bits per heavy atom. The van der Waals surface area contributed by atoms with Crippen molar-refractivity contribution in [1.82, 2.24) is 0 Å². The maximum atomic E-state index is 7.29. The van der Waals surface area contributed by atoms with Gasteiger partial charge in [0.25, 0.3) is 0 Å². The molecule has 1 nitrogen and oxygen atoms in total. The molecule has 0 saturated carbocycles. The lowest BCUT2D eigenvalue weighted by atomic mass is 9.84. The maximum Gasteiger partial charge on any atom is 0.143 e. The summed E-state index contributed by atoms with van der Waals surface area (Å²) < 4.78 is 7.29. The molecule has 55 heavy (non-hydrogen) atoms. The molecule has 0 spiro atoms. The van der Waals surface area contributed by atoms with Crippen LogP contribution in [0.15, 0.2) is 186 Å². The smallest absolute Gasteiger partial charge is 0.143 e. The second-order valence-corrected chi connectivity index (χ2v) is 15.1. The number of benzene rings is 12. The van der Waals surface area contributed by atoms with E-state index in [9.17, 15) is 0 Å². The summed E-state index contributed by atoms with van der Waals surface area (Å²) in [5.41, 5.74) is 6.58. The molecular weight excluding hydrogens is 665 g/mol. The molecular formula is C54H30O. The first kappa shape index (κ1) is 29.3. The highest BCUT2D eigenvalue weighted by molar-refractivity contribution is 6.32. The van der Waals surface area contributed by atoms with Crippen molar-refractivity contribution in [2.24, 2.45) is 0 Å². The van der Waals surface area contributed by atoms with Crippen LogP contribution in [-0.2, 0) is 0 Å². The molecule has 0 radical (unpaired) electrons. The molecule has 0 N–H and O–H groups in total. The molecule has 12 aromatic carbocycles. The molecule has 0 fully saturated rings. The van der Waals surface area contributed by atoms with E-state index in [0.717, 1.165) is 32.9 Å². The highest BCUT2D eigenvalue weighted by Gasteiger charge is 2.24. The van der Waals surface area contributed by atoms with Gasteiger partial charge in [0.2, 0.25) is 0 Å². The lowest BCUT2D eigenvalue weighted by Gasteiger charge is -2.18. The zero-order valence-corrected chi connectivity index (χ0v) is 29.7. The Morgan fingerprint density at radius 3 is 1.58 bits per heavy atom. The minimum Gasteiger partial charge on any atom is -0.455 e. The topological polar surface area (TPSA) is 13.1 Å². The summed E-state index contributed by atoms with van der Waals surface area (Å²) in [4.78, 5) is 0. The van der Waals surface area contributed by atoms with Crippen molar-refractivity contribution in [2.45, 2.75) is 0 Å². The third-order valence-corrected chi connectivity index (χ3v) is 12.4. The Morgan fingerprint density at radius 1 is 0.236 bits per heavy atom. The fourth-order valence-electron chi connectivity index (χ4n) is 9.93. The van der Waals surface area contributed by atoms with Gasteiger partial charge in [0.05, 0.1) is 0 Å². The van der Waals surface area contributed by atoms with Crippen molar-refractivity contribution in [3.05, 3.63) is 182 Å². The minimum absolute atomic E-state index is 0.921. The van der Waals surface area contributed by atoms with Crippen molar-refractivity contribution in [2.75, 3.05) is 0 Å². The van der Waals surface area contributed by atoms with E-state index in [0.29, 0.717) is 0 Å². The largest absolute Gasteiger partial charge is 0.455 e. The summed E-state index contributed by atoms with van der Waals surface area (Å²) in [6.45, 7) is 0. The molecule has 252 valence electrons. The first-order chi connectivity index (χ1) is 27.3. The van der Waals surface area contributed by atoms with Gasteiger partial charge < -0.3 is 4.42 Å². The van der Waals surface area contributed by atoms with Crippen LogP contribution in [0.5, 0.6) is 0 Å². The molecule has 0 aliphatic carbocycles. The Bertz CT molecular complexity index is 3750. The SMILES string of the molecule is c1ccc2c(c1)ccc1c(-c3ccc(-c4ccc5ccc6cccc7ccc4c5c67)c4oc5c6ccccc6ccc5c34)c3c(ccc4ccccc43)cc12. The van der Waals surface area contributed by atoms with Crippen LogP contribution < -0.4 is 0 Å². The molecule has 0 saturated heterocycles. The molecule has 0 amide bonds. The molecule has 1 heteroatoms. The van der Waals surface area contributed by atoms with Gasteiger partial charge in [-0.1, -0.05) is 164 Å². The van der Waals surface area contributed by atoms with Crippen molar-refractivity contribution >= 4 is 108 Å². The summed E-state index contributed by atoms with van der Waals surface area (Å²) in [6, 6.07) is 67.4. The molecule has 13 aromatic rings. The molecule has 1 aromatic heterocycles. The van der Waals surface area contributed by atoms with Crippen LogP contribution >= 0.6 is 0 Å². The van der Waals surface area contributed by atoms with Gasteiger partial charge in [-0.15, -0.1) is 0 Å². The standard InChI is InChI=1S/C54H30O/c1-4-13-38-31(8-1)20-25-43-47(38)30-37-19-16-32-9-2-5-14-39(32)50(37)51(43)45-29-28-44(54-52(45)46-27-21-33-10-3-6-15-40(33)53(46)55-54)41-24-22-36-18-17-34-11-7-12-35-23-26-42(41)49(36)48(34)35/h1-30H. The number of hydrogen-bond donors (Lipinski definition) is 0. The van der Waals surface area contributed by atoms with Crippen LogP contribution in [0.1, 0.15) is 0 Å². The number of furan rings is 1. The average molecular weight is 695 g/mol. The highest BCUT2D eigenvalue weighted by atomic mass is 16.3. The predicted octanol–water partition coefficient (Wildman–Crippen LogP) is 15.6. The van der Waals surface area contributed by atoms with Crippen LogP contribution in [0.2, 0.25) is 0 Å². The van der Waals surface area contributed by atoms with Crippen LogP contribution in [0.3, 0.4) is 0 Å². The second-order valence-electron chi connectivity index (χ2n) is 15.1. The Hall–Kier alpha value is -7.22. The molecule has 0 bridgehead atoms. The van der Waals surface area contributed by atoms with Crippen molar-refractivity contribution in [3.8, 4) is 22.3 Å². The third kappa shape index (κ3) is 3.92. The van der Waals surface area contributed by atoms with E-state index in [-0.39, 0.29) is 0 Å². The minimum atomic E-state index is 0.921. The Kier molecular flexibility index (Phi) is 5.69. The monoisotopic (exact) mass is 694 g/mol. The third-order valence-electron chi connectivity index (χ3n) is 12.4. The number of fused-ring (bicyclic) bond motifs is 11. The predicted molar refractivity (Wildman–Crippen MR) is 236 cm³/mol. The molecule has 13 rings (SSSR count). The Balaban J connectivity index is 1.24. The highest BCUT2D eigenvalue weighted by Crippen LogP contribution is 2.50. The first-order valence-electron chi connectivity index (χ1n) is 19.1. The van der Waals surface area contributed by atoms with Gasteiger partial charge in [0, 0.05) is 21.7 Å². The van der Waals surface area contributed by atoms with Gasteiger partial charge in [-0.25, -0.2) is 0 Å². The van der Waals surface area contributed by atoms with E-state index in [2.05, 4.69) is 182 Å². The lowest BCUT2D eigenvalue weighted by molar-refractivity contribution is 0.674. The summed E-state index contributed by atoms with van der Waals surface area (Å²) in [7, 11) is 0. The van der Waals surface area contributed by atoms with Gasteiger partial charge in [-0.3, -0.25) is 0 Å². The lowest BCUT2D eigenvalue weighted by Crippen LogP contribution is -1.91. The van der Waals surface area contributed by atoms with Crippen LogP contribution in [0.25, 0.3) is 130 Å². The molecule has 0 unspecified atom stereocenters. The fraction of sp³-hybridized carbons (Fsp3) is 0. The fourth-order valence-corrected chi connectivity index (χ4v) is 9.93. The van der Waals surface area contributed by atoms with Gasteiger partial charge >= 0.3 is 0 Å². The number of hydrogen-bond acceptors (Lipinski definition) is 1. The maximum absolute atomic E-state index is 7.29. The van der Waals surface area contributed by atoms with Crippen LogP contribution in [0, 0.1) is 0 Å². The van der Waals surface area contributed by atoms with Crippen molar-refractivity contribution in [3.63, 3.8) is 0 Å². The van der Waals surface area contributed by atoms with E-state index >= 15 is 0 Å². The summed E-state index contributed by atoms with van der Waals surface area (Å²) in [6.07, 6.45) is 0. The molecule has 0 atom stereocenters. The van der Waals surface area contributed by atoms with E-state index in [1.54, 1.807) is 0 Å². The molecule has 1 heterocycles. The van der Waals surface area contributed by atoms with Crippen LogP contribution in [0.4, 0.5) is 0 Å². The van der Waals surface area contributed by atoms with E-state index in [1.165, 1.54) is 97.5 Å². The van der Waals surface area contributed by atoms with E-state index in [1.807, 2.05) is 0 Å². The van der Waals surface area contributed by atoms with Gasteiger partial charge in [0.15, 0.2) is 0 Å². The van der Waals surface area contributed by atoms with Crippen LogP contribution in [-0.4, -0.2) is 0 Å². The quantitative estimate of drug-likeness (QED) is 0.130.